The molecule has 0 saturated carbocycles. The second-order valence-corrected chi connectivity index (χ2v) is 7.17. The maximum atomic E-state index is 11.3. The SMILES string of the molecule is Nc1ccc2c(Sc3ccccc3[N+](=O)[O-])cn(Cc3cccnc3)c2c1. The van der Waals surface area contributed by atoms with Crippen LogP contribution in [0.3, 0.4) is 0 Å². The van der Waals surface area contributed by atoms with Crippen molar-refractivity contribution in [2.24, 2.45) is 0 Å². The molecule has 0 saturated heterocycles. The van der Waals surface area contributed by atoms with Gasteiger partial charge in [0.25, 0.3) is 5.69 Å². The van der Waals surface area contributed by atoms with Crippen LogP contribution in [-0.2, 0) is 6.54 Å². The average molecular weight is 376 g/mol. The molecule has 0 unspecified atom stereocenters. The molecule has 6 nitrogen and oxygen atoms in total. The smallest absolute Gasteiger partial charge is 0.283 e. The van der Waals surface area contributed by atoms with Gasteiger partial charge in [-0.2, -0.15) is 0 Å². The third kappa shape index (κ3) is 3.50. The molecule has 0 radical (unpaired) electrons. The lowest BCUT2D eigenvalue weighted by molar-refractivity contribution is -0.387. The first-order valence-corrected chi connectivity index (χ1v) is 9.12. The number of pyridine rings is 1. The van der Waals surface area contributed by atoms with Crippen molar-refractivity contribution in [3.05, 3.63) is 88.9 Å². The van der Waals surface area contributed by atoms with Crippen molar-refractivity contribution in [1.29, 1.82) is 0 Å². The van der Waals surface area contributed by atoms with Crippen LogP contribution in [0.2, 0.25) is 0 Å². The first kappa shape index (κ1) is 17.1. The van der Waals surface area contributed by atoms with E-state index in [1.807, 2.05) is 48.8 Å². The number of para-hydroxylation sites is 1. The van der Waals surface area contributed by atoms with Gasteiger partial charge in [-0.25, -0.2) is 0 Å². The number of hydrogen-bond acceptors (Lipinski definition) is 5. The van der Waals surface area contributed by atoms with E-state index >= 15 is 0 Å². The van der Waals surface area contributed by atoms with Gasteiger partial charge < -0.3 is 10.3 Å². The van der Waals surface area contributed by atoms with E-state index in [0.717, 1.165) is 21.4 Å². The lowest BCUT2D eigenvalue weighted by Crippen LogP contribution is -1.98. The maximum Gasteiger partial charge on any atom is 0.283 e. The number of nitrogen functional groups attached to an aromatic ring is 1. The van der Waals surface area contributed by atoms with Crippen LogP contribution < -0.4 is 5.73 Å². The molecule has 2 heterocycles. The summed E-state index contributed by atoms with van der Waals surface area (Å²) in [6.07, 6.45) is 5.58. The molecular weight excluding hydrogens is 360 g/mol. The quantitative estimate of drug-likeness (QED) is 0.309. The molecule has 2 N–H and O–H groups in total. The van der Waals surface area contributed by atoms with Crippen molar-refractivity contribution < 1.29 is 4.92 Å². The molecular formula is C20H16N4O2S. The van der Waals surface area contributed by atoms with Gasteiger partial charge in [-0.05, 0) is 35.9 Å². The van der Waals surface area contributed by atoms with Gasteiger partial charge >= 0.3 is 0 Å². The van der Waals surface area contributed by atoms with E-state index in [1.165, 1.54) is 17.8 Å². The van der Waals surface area contributed by atoms with Gasteiger partial charge in [-0.15, -0.1) is 0 Å². The molecule has 0 aliphatic rings. The average Bonchev–Trinajstić information content (AvgIpc) is 2.99. The number of nitro benzene ring substituents is 1. The molecule has 0 bridgehead atoms. The summed E-state index contributed by atoms with van der Waals surface area (Å²) in [7, 11) is 0. The Hall–Kier alpha value is -3.32. The zero-order valence-electron chi connectivity index (χ0n) is 14.3. The molecule has 0 fully saturated rings. The van der Waals surface area contributed by atoms with Gasteiger partial charge in [0.1, 0.15) is 0 Å². The van der Waals surface area contributed by atoms with Crippen molar-refractivity contribution in [3.8, 4) is 0 Å². The van der Waals surface area contributed by atoms with Crippen LogP contribution in [0.25, 0.3) is 10.9 Å². The van der Waals surface area contributed by atoms with Crippen molar-refractivity contribution in [2.75, 3.05) is 5.73 Å². The van der Waals surface area contributed by atoms with Crippen LogP contribution in [0.1, 0.15) is 5.56 Å². The third-order valence-corrected chi connectivity index (χ3v) is 5.34. The molecule has 2 aromatic heterocycles. The summed E-state index contributed by atoms with van der Waals surface area (Å²) < 4.78 is 2.10. The van der Waals surface area contributed by atoms with Gasteiger partial charge in [0, 0.05) is 47.2 Å². The number of nitrogens with zero attached hydrogens (tertiary/aromatic N) is 3. The molecule has 0 aliphatic heterocycles. The molecule has 0 atom stereocenters. The van der Waals surface area contributed by atoms with E-state index in [0.29, 0.717) is 17.1 Å². The Morgan fingerprint density at radius 3 is 2.74 bits per heavy atom. The van der Waals surface area contributed by atoms with Gasteiger partial charge in [0.05, 0.1) is 15.3 Å². The first-order valence-electron chi connectivity index (χ1n) is 8.30. The fourth-order valence-corrected chi connectivity index (χ4v) is 4.08. The maximum absolute atomic E-state index is 11.3. The Labute approximate surface area is 159 Å². The third-order valence-electron chi connectivity index (χ3n) is 4.23. The zero-order chi connectivity index (χ0) is 18.8. The molecule has 7 heteroatoms. The number of hydrogen-bond donors (Lipinski definition) is 1. The second-order valence-electron chi connectivity index (χ2n) is 6.09. The van der Waals surface area contributed by atoms with Crippen molar-refractivity contribution in [1.82, 2.24) is 9.55 Å². The van der Waals surface area contributed by atoms with E-state index in [1.54, 1.807) is 18.3 Å². The van der Waals surface area contributed by atoms with E-state index < -0.39 is 0 Å². The first-order chi connectivity index (χ1) is 13.1. The highest BCUT2D eigenvalue weighted by Gasteiger charge is 2.17. The lowest BCUT2D eigenvalue weighted by atomic mass is 10.2. The van der Waals surface area contributed by atoms with Crippen LogP contribution in [0.4, 0.5) is 11.4 Å². The topological polar surface area (TPSA) is 87.0 Å². The summed E-state index contributed by atoms with van der Waals surface area (Å²) in [5.41, 5.74) is 8.82. The summed E-state index contributed by atoms with van der Waals surface area (Å²) in [6.45, 7) is 0.644. The van der Waals surface area contributed by atoms with Crippen LogP contribution in [0.5, 0.6) is 0 Å². The minimum Gasteiger partial charge on any atom is -0.399 e. The van der Waals surface area contributed by atoms with E-state index in [4.69, 9.17) is 5.73 Å². The standard InChI is InChI=1S/C20H16N4O2S/c21-15-7-8-16-18(10-15)23(12-14-4-3-9-22-11-14)13-20(16)27-19-6-2-1-5-17(19)24(25)26/h1-11,13H,12,21H2. The highest BCUT2D eigenvalue weighted by molar-refractivity contribution is 7.99. The Kier molecular flexibility index (Phi) is 4.52. The molecule has 0 spiro atoms. The number of benzene rings is 2. The van der Waals surface area contributed by atoms with Gasteiger partial charge in [0.2, 0.25) is 0 Å². The zero-order valence-corrected chi connectivity index (χ0v) is 15.1. The monoisotopic (exact) mass is 376 g/mol. The Morgan fingerprint density at radius 1 is 1.11 bits per heavy atom. The van der Waals surface area contributed by atoms with Crippen LogP contribution >= 0.6 is 11.8 Å². The predicted molar refractivity (Wildman–Crippen MR) is 107 cm³/mol. The Morgan fingerprint density at radius 2 is 1.96 bits per heavy atom. The van der Waals surface area contributed by atoms with E-state index in [-0.39, 0.29) is 10.6 Å². The second kappa shape index (κ2) is 7.13. The van der Waals surface area contributed by atoms with E-state index in [2.05, 4.69) is 9.55 Å². The van der Waals surface area contributed by atoms with Crippen molar-refractivity contribution in [3.63, 3.8) is 0 Å². The molecule has 4 rings (SSSR count). The van der Waals surface area contributed by atoms with Gasteiger partial charge in [0.15, 0.2) is 0 Å². The summed E-state index contributed by atoms with van der Waals surface area (Å²) in [4.78, 5) is 16.7. The molecule has 27 heavy (non-hydrogen) atoms. The van der Waals surface area contributed by atoms with Crippen molar-refractivity contribution in [2.45, 2.75) is 16.3 Å². The number of nitro groups is 1. The Balaban J connectivity index is 1.79. The minimum absolute atomic E-state index is 0.103. The number of aromatic nitrogens is 2. The molecule has 2 aromatic carbocycles. The highest BCUT2D eigenvalue weighted by Crippen LogP contribution is 2.39. The summed E-state index contributed by atoms with van der Waals surface area (Å²) >= 11 is 1.39. The molecule has 0 aliphatic carbocycles. The lowest BCUT2D eigenvalue weighted by Gasteiger charge is -2.05. The number of fused-ring (bicyclic) bond motifs is 1. The van der Waals surface area contributed by atoms with Gasteiger partial charge in [-0.3, -0.25) is 15.1 Å². The summed E-state index contributed by atoms with van der Waals surface area (Å²) in [5.74, 6) is 0. The molecule has 0 amide bonds. The summed E-state index contributed by atoms with van der Waals surface area (Å²) in [6, 6.07) is 16.4. The van der Waals surface area contributed by atoms with E-state index in [9.17, 15) is 10.1 Å². The van der Waals surface area contributed by atoms with Crippen LogP contribution in [-0.4, -0.2) is 14.5 Å². The normalized spacial score (nSPS) is 11.0. The number of rotatable bonds is 5. The fourth-order valence-electron chi connectivity index (χ4n) is 2.99. The summed E-state index contributed by atoms with van der Waals surface area (Å²) in [5, 5.41) is 12.3. The highest BCUT2D eigenvalue weighted by atomic mass is 32.2. The molecule has 4 aromatic rings. The number of nitrogens with two attached hydrogens (primary N) is 1. The minimum atomic E-state index is -0.352. The van der Waals surface area contributed by atoms with Crippen LogP contribution in [0, 0.1) is 10.1 Å². The van der Waals surface area contributed by atoms with Crippen molar-refractivity contribution >= 4 is 34.0 Å². The predicted octanol–water partition coefficient (Wildman–Crippen LogP) is 4.73. The number of anilines is 1. The van der Waals surface area contributed by atoms with Crippen LogP contribution in [0.15, 0.2) is 83.0 Å². The molecule has 134 valence electrons. The fraction of sp³-hybridized carbons (Fsp3) is 0.0500. The largest absolute Gasteiger partial charge is 0.399 e. The van der Waals surface area contributed by atoms with Gasteiger partial charge in [-0.1, -0.05) is 30.0 Å². The Bertz CT molecular complexity index is 1130.